The van der Waals surface area contributed by atoms with Gasteiger partial charge in [0.2, 0.25) is 0 Å². The van der Waals surface area contributed by atoms with Crippen LogP contribution >= 0.6 is 22.7 Å². The lowest BCUT2D eigenvalue weighted by Crippen LogP contribution is -2.08. The summed E-state index contributed by atoms with van der Waals surface area (Å²) in [6, 6.07) is 7.26. The molecule has 1 N–H and O–H groups in total. The van der Waals surface area contributed by atoms with Crippen LogP contribution in [0.15, 0.2) is 35.0 Å². The molecule has 22 heavy (non-hydrogen) atoms. The number of carbonyl (C=O) groups is 1. The monoisotopic (exact) mass is 332 g/mol. The summed E-state index contributed by atoms with van der Waals surface area (Å²) < 4.78 is 4.86. The molecule has 0 saturated carbocycles. The van der Waals surface area contributed by atoms with Gasteiger partial charge in [0.05, 0.1) is 17.2 Å². The number of nitrogens with one attached hydrogen (secondary N) is 1. The zero-order valence-electron chi connectivity index (χ0n) is 11.6. The highest BCUT2D eigenvalue weighted by Crippen LogP contribution is 2.29. The van der Waals surface area contributed by atoms with Gasteiger partial charge in [0.25, 0.3) is 0 Å². The average molecular weight is 332 g/mol. The van der Waals surface area contributed by atoms with Crippen molar-refractivity contribution in [3.63, 3.8) is 0 Å². The lowest BCUT2D eigenvalue weighted by atomic mass is 10.4. The fraction of sp³-hybridized carbons (Fsp3) is 0.143. The van der Waals surface area contributed by atoms with E-state index in [1.807, 2.05) is 22.9 Å². The molecule has 3 aromatic rings. The van der Waals surface area contributed by atoms with Gasteiger partial charge >= 0.3 is 5.97 Å². The minimum Gasteiger partial charge on any atom is -0.461 e. The van der Waals surface area contributed by atoms with Crippen molar-refractivity contribution in [1.82, 2.24) is 15.2 Å². The van der Waals surface area contributed by atoms with Crippen molar-refractivity contribution in [3.8, 4) is 10.6 Å². The van der Waals surface area contributed by atoms with Gasteiger partial charge in [0.15, 0.2) is 16.6 Å². The zero-order valence-corrected chi connectivity index (χ0v) is 13.3. The van der Waals surface area contributed by atoms with E-state index in [-0.39, 0.29) is 5.69 Å². The molecule has 0 fully saturated rings. The smallest absolute Gasteiger partial charge is 0.358 e. The zero-order chi connectivity index (χ0) is 15.4. The second-order valence-corrected chi connectivity index (χ2v) is 5.97. The number of esters is 1. The van der Waals surface area contributed by atoms with E-state index in [4.69, 9.17) is 4.74 Å². The molecule has 0 spiro atoms. The highest BCUT2D eigenvalue weighted by atomic mass is 32.1. The molecule has 0 saturated heterocycles. The van der Waals surface area contributed by atoms with Crippen LogP contribution in [0.3, 0.4) is 0 Å². The Balaban J connectivity index is 1.70. The molecular weight excluding hydrogens is 320 g/mol. The van der Waals surface area contributed by atoms with Crippen molar-refractivity contribution in [1.29, 1.82) is 0 Å². The molecule has 0 atom stereocenters. The van der Waals surface area contributed by atoms with Gasteiger partial charge in [-0.2, -0.15) is 0 Å². The van der Waals surface area contributed by atoms with E-state index in [1.54, 1.807) is 30.4 Å². The van der Waals surface area contributed by atoms with Crippen LogP contribution in [0, 0.1) is 0 Å². The lowest BCUT2D eigenvalue weighted by molar-refractivity contribution is 0.0518. The SMILES string of the molecule is CCOC(=O)c1ccc(Nc2nc(-c3cccs3)cs2)nn1. The van der Waals surface area contributed by atoms with Gasteiger partial charge in [-0.25, -0.2) is 9.78 Å². The summed E-state index contributed by atoms with van der Waals surface area (Å²) in [5.41, 5.74) is 1.12. The van der Waals surface area contributed by atoms with Crippen LogP contribution in [-0.2, 0) is 4.74 Å². The average Bonchev–Trinajstić information content (AvgIpc) is 3.19. The minimum absolute atomic E-state index is 0.186. The second-order valence-electron chi connectivity index (χ2n) is 4.16. The third kappa shape index (κ3) is 3.29. The number of carbonyl (C=O) groups excluding carboxylic acids is 1. The van der Waals surface area contributed by atoms with Crippen molar-refractivity contribution in [3.05, 3.63) is 40.7 Å². The summed E-state index contributed by atoms with van der Waals surface area (Å²) >= 11 is 3.13. The first-order chi connectivity index (χ1) is 10.8. The van der Waals surface area contributed by atoms with Gasteiger partial charge in [0, 0.05) is 5.38 Å². The summed E-state index contributed by atoms with van der Waals surface area (Å²) in [7, 11) is 0. The Morgan fingerprint density at radius 2 is 2.18 bits per heavy atom. The number of anilines is 2. The number of rotatable bonds is 5. The van der Waals surface area contributed by atoms with E-state index in [9.17, 15) is 4.79 Å². The summed E-state index contributed by atoms with van der Waals surface area (Å²) in [6.45, 7) is 2.06. The van der Waals surface area contributed by atoms with Crippen molar-refractivity contribution >= 4 is 39.6 Å². The van der Waals surface area contributed by atoms with Crippen LogP contribution in [-0.4, -0.2) is 27.8 Å². The van der Waals surface area contributed by atoms with E-state index < -0.39 is 5.97 Å². The fourth-order valence-corrected chi connectivity index (χ4v) is 3.17. The van der Waals surface area contributed by atoms with Gasteiger partial charge < -0.3 is 10.1 Å². The second kappa shape index (κ2) is 6.63. The van der Waals surface area contributed by atoms with E-state index in [2.05, 4.69) is 20.5 Å². The van der Waals surface area contributed by atoms with Gasteiger partial charge in [-0.05, 0) is 30.5 Å². The summed E-state index contributed by atoms with van der Waals surface area (Å²) in [5.74, 6) is 0.0518. The number of aromatic nitrogens is 3. The maximum Gasteiger partial charge on any atom is 0.358 e. The molecular formula is C14H12N4O2S2. The van der Waals surface area contributed by atoms with Crippen LogP contribution in [0.1, 0.15) is 17.4 Å². The van der Waals surface area contributed by atoms with Gasteiger partial charge in [0.1, 0.15) is 0 Å². The molecule has 3 heterocycles. The van der Waals surface area contributed by atoms with Crippen LogP contribution in [0.2, 0.25) is 0 Å². The fourth-order valence-electron chi connectivity index (χ4n) is 1.69. The molecule has 3 rings (SSSR count). The molecule has 0 aliphatic heterocycles. The standard InChI is InChI=1S/C14H12N4O2S2/c1-2-20-13(19)9-5-6-12(18-17-9)16-14-15-10(8-22-14)11-4-3-7-21-11/h3-8H,2H2,1H3,(H,15,16,18). The number of hydrogen-bond donors (Lipinski definition) is 1. The van der Waals surface area contributed by atoms with Crippen molar-refractivity contribution in [2.24, 2.45) is 0 Å². The Kier molecular flexibility index (Phi) is 4.40. The Hall–Kier alpha value is -2.32. The predicted octanol–water partition coefficient (Wildman–Crippen LogP) is 3.58. The summed E-state index contributed by atoms with van der Waals surface area (Å²) in [4.78, 5) is 17.1. The van der Waals surface area contributed by atoms with E-state index >= 15 is 0 Å². The van der Waals surface area contributed by atoms with E-state index in [1.165, 1.54) is 11.3 Å². The molecule has 3 aromatic heterocycles. The Bertz CT molecular complexity index is 754. The molecule has 0 aliphatic rings. The first-order valence-corrected chi connectivity index (χ1v) is 8.29. The number of hydrogen-bond acceptors (Lipinski definition) is 8. The quantitative estimate of drug-likeness (QED) is 0.720. The number of thiophene rings is 1. The summed E-state index contributed by atoms with van der Waals surface area (Å²) in [6.07, 6.45) is 0. The largest absolute Gasteiger partial charge is 0.461 e. The Morgan fingerprint density at radius 1 is 1.27 bits per heavy atom. The van der Waals surface area contributed by atoms with Crippen LogP contribution in [0.5, 0.6) is 0 Å². The molecule has 0 aliphatic carbocycles. The number of nitrogens with zero attached hydrogens (tertiary/aromatic N) is 3. The van der Waals surface area contributed by atoms with E-state index in [0.29, 0.717) is 12.4 Å². The maximum atomic E-state index is 11.5. The van der Waals surface area contributed by atoms with Crippen molar-refractivity contribution < 1.29 is 9.53 Å². The molecule has 0 amide bonds. The number of thiazole rings is 1. The van der Waals surface area contributed by atoms with Crippen molar-refractivity contribution in [2.75, 3.05) is 11.9 Å². The molecule has 0 aromatic carbocycles. The van der Waals surface area contributed by atoms with Crippen molar-refractivity contribution in [2.45, 2.75) is 6.92 Å². The van der Waals surface area contributed by atoms with E-state index in [0.717, 1.165) is 15.7 Å². The predicted molar refractivity (Wildman–Crippen MR) is 86.7 cm³/mol. The Labute approximate surface area is 134 Å². The third-order valence-electron chi connectivity index (χ3n) is 2.66. The number of ether oxygens (including phenoxy) is 1. The Morgan fingerprint density at radius 3 is 2.86 bits per heavy atom. The minimum atomic E-state index is -0.476. The maximum absolute atomic E-state index is 11.5. The van der Waals surface area contributed by atoms with Gasteiger partial charge in [-0.15, -0.1) is 32.9 Å². The molecule has 112 valence electrons. The first-order valence-electron chi connectivity index (χ1n) is 6.53. The molecule has 0 bridgehead atoms. The van der Waals surface area contributed by atoms with Crippen LogP contribution in [0.25, 0.3) is 10.6 Å². The molecule has 8 heteroatoms. The molecule has 0 radical (unpaired) electrons. The van der Waals surface area contributed by atoms with Crippen LogP contribution < -0.4 is 5.32 Å². The third-order valence-corrected chi connectivity index (χ3v) is 4.31. The highest BCUT2D eigenvalue weighted by Gasteiger charge is 2.10. The van der Waals surface area contributed by atoms with Gasteiger partial charge in [-0.3, -0.25) is 0 Å². The lowest BCUT2D eigenvalue weighted by Gasteiger charge is -2.02. The molecule has 0 unspecified atom stereocenters. The summed E-state index contributed by atoms with van der Waals surface area (Å²) in [5, 5.41) is 15.6. The normalized spacial score (nSPS) is 10.4. The topological polar surface area (TPSA) is 77.0 Å². The van der Waals surface area contributed by atoms with Crippen LogP contribution in [0.4, 0.5) is 10.9 Å². The highest BCUT2D eigenvalue weighted by molar-refractivity contribution is 7.16. The first kappa shape index (κ1) is 14.6. The van der Waals surface area contributed by atoms with Gasteiger partial charge in [-0.1, -0.05) is 6.07 Å². The molecule has 6 nitrogen and oxygen atoms in total.